The molecule has 0 bridgehead atoms. The lowest BCUT2D eigenvalue weighted by atomic mass is 10.0. The lowest BCUT2D eigenvalue weighted by Gasteiger charge is -2.31. The van der Waals surface area contributed by atoms with Gasteiger partial charge >= 0.3 is 11.7 Å². The van der Waals surface area contributed by atoms with Crippen molar-refractivity contribution >= 4 is 27.5 Å². The summed E-state index contributed by atoms with van der Waals surface area (Å²) in [5, 5.41) is 9.98. The average Bonchev–Trinajstić information content (AvgIpc) is 3.31. The largest absolute Gasteiger partial charge is 0.491 e. The molecule has 1 aliphatic heterocycles. The molecule has 0 spiro atoms. The number of thiophene rings is 1. The molecule has 2 aromatic heterocycles. The molecule has 1 unspecified atom stereocenters. The summed E-state index contributed by atoms with van der Waals surface area (Å²) in [6, 6.07) is 6.17. The first kappa shape index (κ1) is 34.3. The molecule has 244 valence electrons. The molecule has 0 radical (unpaired) electrons. The van der Waals surface area contributed by atoms with Crippen LogP contribution in [0.15, 0.2) is 27.8 Å². The zero-order chi connectivity index (χ0) is 33.1. The van der Waals surface area contributed by atoms with Crippen LogP contribution >= 0.6 is 11.3 Å². The van der Waals surface area contributed by atoms with E-state index in [4.69, 9.17) is 23.7 Å². The van der Waals surface area contributed by atoms with E-state index in [1.165, 1.54) is 43.7 Å². The fourth-order valence-corrected chi connectivity index (χ4v) is 6.26. The Morgan fingerprint density at radius 1 is 1.18 bits per heavy atom. The first-order valence-electron chi connectivity index (χ1n) is 14.8. The number of aromatic nitrogens is 2. The summed E-state index contributed by atoms with van der Waals surface area (Å²) in [6.07, 6.45) is -0.0323. The van der Waals surface area contributed by atoms with Crippen LogP contribution < -0.4 is 16.0 Å². The number of esters is 1. The second-order valence-electron chi connectivity index (χ2n) is 12.4. The van der Waals surface area contributed by atoms with Gasteiger partial charge in [-0.15, -0.1) is 11.3 Å². The van der Waals surface area contributed by atoms with Gasteiger partial charge in [0.15, 0.2) is 0 Å². The van der Waals surface area contributed by atoms with E-state index in [0.29, 0.717) is 49.5 Å². The van der Waals surface area contributed by atoms with E-state index in [-0.39, 0.29) is 34.3 Å². The third-order valence-corrected chi connectivity index (χ3v) is 8.73. The highest BCUT2D eigenvalue weighted by atomic mass is 32.1. The number of ether oxygens (including phenoxy) is 5. The predicted octanol–water partition coefficient (Wildman–Crippen LogP) is 4.58. The molecule has 1 atom stereocenters. The second-order valence-corrected chi connectivity index (χ2v) is 13.4. The SMILES string of the molecule is COCCOc1ccc(F)cc1C(Cn1c(=O)n(C(C)(C)C(=O)OC(C)(C)C)c(=O)c2c(C)c(C#N)sc21)OC1CCOCC1. The Morgan fingerprint density at radius 2 is 1.87 bits per heavy atom. The molecule has 1 aliphatic rings. The van der Waals surface area contributed by atoms with E-state index in [9.17, 15) is 24.0 Å². The Bertz CT molecular complexity index is 1710. The summed E-state index contributed by atoms with van der Waals surface area (Å²) < 4.78 is 45.7. The maximum Gasteiger partial charge on any atom is 0.333 e. The molecular weight excluding hydrogens is 605 g/mol. The number of fused-ring (bicyclic) bond motifs is 1. The molecule has 1 aromatic carbocycles. The molecule has 13 heteroatoms. The van der Waals surface area contributed by atoms with Crippen molar-refractivity contribution in [1.29, 1.82) is 5.26 Å². The fourth-order valence-electron chi connectivity index (χ4n) is 5.16. The van der Waals surface area contributed by atoms with Gasteiger partial charge in [-0.2, -0.15) is 5.26 Å². The average molecular weight is 646 g/mol. The number of aryl methyl sites for hydroxylation is 1. The Kier molecular flexibility index (Phi) is 10.5. The minimum atomic E-state index is -1.72. The lowest BCUT2D eigenvalue weighted by Crippen LogP contribution is -2.54. The normalized spacial score (nSPS) is 15.2. The van der Waals surface area contributed by atoms with Crippen molar-refractivity contribution in [2.75, 3.05) is 33.5 Å². The van der Waals surface area contributed by atoms with Crippen LogP contribution in [-0.2, 0) is 35.8 Å². The molecule has 1 fully saturated rings. The number of halogens is 1. The molecule has 1 saturated heterocycles. The van der Waals surface area contributed by atoms with Gasteiger partial charge in [0.25, 0.3) is 5.56 Å². The van der Waals surface area contributed by atoms with Crippen molar-refractivity contribution in [3.63, 3.8) is 0 Å². The van der Waals surface area contributed by atoms with E-state index in [1.807, 2.05) is 0 Å². The summed E-state index contributed by atoms with van der Waals surface area (Å²) in [7, 11) is 1.54. The lowest BCUT2D eigenvalue weighted by molar-refractivity contribution is -0.164. The quantitative estimate of drug-likeness (QED) is 0.217. The zero-order valence-corrected chi connectivity index (χ0v) is 27.5. The van der Waals surface area contributed by atoms with Gasteiger partial charge in [0.2, 0.25) is 0 Å². The summed E-state index contributed by atoms with van der Waals surface area (Å²) in [5.74, 6) is -0.961. The molecule has 3 heterocycles. The second kappa shape index (κ2) is 13.8. The van der Waals surface area contributed by atoms with Gasteiger partial charge < -0.3 is 23.7 Å². The van der Waals surface area contributed by atoms with Gasteiger partial charge in [-0.1, -0.05) is 0 Å². The van der Waals surface area contributed by atoms with Crippen LogP contribution in [0.3, 0.4) is 0 Å². The zero-order valence-electron chi connectivity index (χ0n) is 26.7. The number of nitrogens with zero attached hydrogens (tertiary/aromatic N) is 3. The third-order valence-electron chi connectivity index (χ3n) is 7.51. The summed E-state index contributed by atoms with van der Waals surface area (Å²) in [5.41, 5.74) is -3.37. The predicted molar refractivity (Wildman–Crippen MR) is 166 cm³/mol. The monoisotopic (exact) mass is 645 g/mol. The standard InChI is InChI=1S/C32H40FN3O8S/c1-19-25(17-34)45-28-26(19)27(37)36(32(5,6)29(38)44-31(2,3)4)30(39)35(28)18-24(43-21-10-12-41-13-11-21)22-16-20(33)8-9-23(22)42-15-14-40-7/h8-9,16,21,24H,10-15,18H2,1-7H3. The van der Waals surface area contributed by atoms with Gasteiger partial charge in [-0.05, 0) is 78.1 Å². The third kappa shape index (κ3) is 7.47. The van der Waals surface area contributed by atoms with E-state index < -0.39 is 40.3 Å². The highest BCUT2D eigenvalue weighted by Crippen LogP contribution is 2.35. The van der Waals surface area contributed by atoms with Crippen molar-refractivity contribution in [2.45, 2.75) is 84.3 Å². The van der Waals surface area contributed by atoms with E-state index in [1.54, 1.807) is 27.7 Å². The Hall–Kier alpha value is -3.57. The van der Waals surface area contributed by atoms with E-state index in [2.05, 4.69) is 6.07 Å². The van der Waals surface area contributed by atoms with Crippen LogP contribution in [0.25, 0.3) is 10.2 Å². The molecule has 0 N–H and O–H groups in total. The van der Waals surface area contributed by atoms with Crippen LogP contribution in [-0.4, -0.2) is 60.3 Å². The number of carbonyl (C=O) groups excluding carboxylic acids is 1. The van der Waals surface area contributed by atoms with Gasteiger partial charge in [0.1, 0.15) is 51.2 Å². The van der Waals surface area contributed by atoms with Crippen molar-refractivity contribution in [1.82, 2.24) is 9.13 Å². The number of benzene rings is 1. The number of carbonyl (C=O) groups is 1. The number of nitriles is 1. The minimum absolute atomic E-state index is 0.133. The highest BCUT2D eigenvalue weighted by Gasteiger charge is 2.39. The summed E-state index contributed by atoms with van der Waals surface area (Å²) >= 11 is 0.999. The molecule has 0 saturated carbocycles. The number of hydrogen-bond acceptors (Lipinski definition) is 10. The summed E-state index contributed by atoms with van der Waals surface area (Å²) in [4.78, 5) is 42.3. The Labute approximate surface area is 265 Å². The fraction of sp³-hybridized carbons (Fsp3) is 0.562. The topological polar surface area (TPSA) is 131 Å². The summed E-state index contributed by atoms with van der Waals surface area (Å²) in [6.45, 7) is 10.8. The molecule has 11 nitrogen and oxygen atoms in total. The number of methoxy groups -OCH3 is 1. The highest BCUT2D eigenvalue weighted by molar-refractivity contribution is 7.19. The minimum Gasteiger partial charge on any atom is -0.491 e. The number of rotatable bonds is 11. The Morgan fingerprint density at radius 3 is 2.49 bits per heavy atom. The molecule has 3 aromatic rings. The van der Waals surface area contributed by atoms with Crippen molar-refractivity contribution in [2.24, 2.45) is 0 Å². The molecular formula is C32H40FN3O8S. The number of hydrogen-bond donors (Lipinski definition) is 0. The molecule has 0 amide bonds. The first-order chi connectivity index (χ1) is 21.2. The molecule has 4 rings (SSSR count). The smallest absolute Gasteiger partial charge is 0.333 e. The maximum absolute atomic E-state index is 14.8. The van der Waals surface area contributed by atoms with Crippen LogP contribution in [0.1, 0.15) is 69.6 Å². The molecule has 45 heavy (non-hydrogen) atoms. The van der Waals surface area contributed by atoms with Gasteiger partial charge in [-0.25, -0.2) is 18.5 Å². The van der Waals surface area contributed by atoms with Gasteiger partial charge in [-0.3, -0.25) is 9.36 Å². The Balaban J connectivity index is 1.95. The van der Waals surface area contributed by atoms with Crippen molar-refractivity contribution in [3.8, 4) is 11.8 Å². The van der Waals surface area contributed by atoms with Gasteiger partial charge in [0, 0.05) is 25.9 Å². The van der Waals surface area contributed by atoms with E-state index >= 15 is 0 Å². The van der Waals surface area contributed by atoms with Crippen LogP contribution in [0, 0.1) is 24.1 Å². The van der Waals surface area contributed by atoms with Gasteiger partial charge in [0.05, 0.1) is 24.6 Å². The first-order valence-corrected chi connectivity index (χ1v) is 15.6. The van der Waals surface area contributed by atoms with E-state index in [0.717, 1.165) is 15.9 Å². The van der Waals surface area contributed by atoms with Crippen LogP contribution in [0.2, 0.25) is 0 Å². The molecule has 0 aliphatic carbocycles. The van der Waals surface area contributed by atoms with Crippen molar-refractivity contribution in [3.05, 3.63) is 60.9 Å². The maximum atomic E-state index is 14.8. The van der Waals surface area contributed by atoms with Crippen LogP contribution in [0.4, 0.5) is 4.39 Å². The van der Waals surface area contributed by atoms with Crippen molar-refractivity contribution < 1.29 is 32.9 Å². The van der Waals surface area contributed by atoms with Crippen LogP contribution in [0.5, 0.6) is 5.75 Å².